The summed E-state index contributed by atoms with van der Waals surface area (Å²) in [6, 6.07) is 9.56. The highest BCUT2D eigenvalue weighted by Crippen LogP contribution is 2.21. The molecular weight excluding hydrogens is 306 g/mol. The molecule has 0 fully saturated rings. The molecule has 1 aromatic carbocycles. The minimum absolute atomic E-state index is 0.0308. The molecule has 5 heteroatoms. The maximum absolute atomic E-state index is 12.0. The van der Waals surface area contributed by atoms with E-state index in [0.29, 0.717) is 0 Å². The second kappa shape index (κ2) is 6.02. The van der Waals surface area contributed by atoms with Gasteiger partial charge in [0.2, 0.25) is 5.91 Å². The maximum Gasteiger partial charge on any atom is 0.238 e. The summed E-state index contributed by atoms with van der Waals surface area (Å²) in [6.45, 7) is 4.00. The largest absolute Gasteiger partial charge is 0.325 e. The first-order chi connectivity index (χ1) is 9.08. The highest BCUT2D eigenvalue weighted by Gasteiger charge is 2.18. The van der Waals surface area contributed by atoms with Crippen molar-refractivity contribution in [2.24, 2.45) is 5.92 Å². The lowest BCUT2D eigenvalue weighted by molar-refractivity contribution is -0.116. The molecule has 4 nitrogen and oxygen atoms in total. The van der Waals surface area contributed by atoms with Crippen molar-refractivity contribution >= 4 is 27.5 Å². The lowest BCUT2D eigenvalue weighted by atomic mass is 10.1. The van der Waals surface area contributed by atoms with Crippen molar-refractivity contribution in [1.29, 1.82) is 0 Å². The van der Waals surface area contributed by atoms with Gasteiger partial charge in [-0.1, -0.05) is 41.9 Å². The fourth-order valence-electron chi connectivity index (χ4n) is 1.70. The fourth-order valence-corrected chi connectivity index (χ4v) is 1.81. The Morgan fingerprint density at radius 1 is 1.37 bits per heavy atom. The molecule has 0 saturated carbocycles. The monoisotopic (exact) mass is 321 g/mol. The van der Waals surface area contributed by atoms with Crippen LogP contribution in [0.4, 0.5) is 5.69 Å². The van der Waals surface area contributed by atoms with Crippen LogP contribution < -0.4 is 5.32 Å². The normalized spacial score (nSPS) is 12.4. The Labute approximate surface area is 120 Å². The van der Waals surface area contributed by atoms with E-state index in [1.165, 1.54) is 0 Å². The molecule has 0 saturated heterocycles. The molecule has 0 aliphatic heterocycles. The minimum Gasteiger partial charge on any atom is -0.325 e. The van der Waals surface area contributed by atoms with Crippen molar-refractivity contribution in [1.82, 2.24) is 10.2 Å². The summed E-state index contributed by atoms with van der Waals surface area (Å²) < 4.78 is 0. The zero-order chi connectivity index (χ0) is 13.8. The molecule has 0 spiro atoms. The number of carbonyl (C=O) groups excluding carboxylic acids is 1. The molecule has 1 heterocycles. The first kappa shape index (κ1) is 13.8. The van der Waals surface area contributed by atoms with Gasteiger partial charge >= 0.3 is 0 Å². The van der Waals surface area contributed by atoms with Crippen molar-refractivity contribution in [3.8, 4) is 11.3 Å². The zero-order valence-electron chi connectivity index (χ0n) is 10.9. The number of nitrogens with one attached hydrogen (secondary N) is 2. The number of aromatic amines is 1. The van der Waals surface area contributed by atoms with Crippen molar-refractivity contribution in [3.05, 3.63) is 36.5 Å². The highest BCUT2D eigenvalue weighted by molar-refractivity contribution is 9.10. The van der Waals surface area contributed by atoms with Crippen LogP contribution in [0.15, 0.2) is 36.5 Å². The van der Waals surface area contributed by atoms with Crippen molar-refractivity contribution < 1.29 is 4.79 Å². The number of H-pyrrole nitrogens is 1. The molecule has 19 heavy (non-hydrogen) atoms. The van der Waals surface area contributed by atoms with Crippen molar-refractivity contribution in [2.75, 3.05) is 5.32 Å². The summed E-state index contributed by atoms with van der Waals surface area (Å²) in [5.74, 6) is 0.215. The summed E-state index contributed by atoms with van der Waals surface area (Å²) in [4.78, 5) is 11.8. The Kier molecular flexibility index (Phi) is 4.37. The number of rotatable bonds is 4. The minimum atomic E-state index is -0.191. The van der Waals surface area contributed by atoms with Gasteiger partial charge in [0, 0.05) is 17.4 Å². The Balaban J connectivity index is 2.14. The van der Waals surface area contributed by atoms with Gasteiger partial charge in [0.05, 0.1) is 10.5 Å². The zero-order valence-corrected chi connectivity index (χ0v) is 12.4. The molecule has 0 aliphatic rings. The number of hydrogen-bond donors (Lipinski definition) is 2. The Bertz CT molecular complexity index is 552. The van der Waals surface area contributed by atoms with Crippen LogP contribution in [0, 0.1) is 5.92 Å². The third-order valence-electron chi connectivity index (χ3n) is 2.78. The Morgan fingerprint density at radius 2 is 2.16 bits per heavy atom. The van der Waals surface area contributed by atoms with E-state index in [1.807, 2.05) is 44.2 Å². The molecule has 1 unspecified atom stereocenters. The topological polar surface area (TPSA) is 57.8 Å². The number of hydrogen-bond acceptors (Lipinski definition) is 2. The molecule has 0 aliphatic carbocycles. The van der Waals surface area contributed by atoms with E-state index in [4.69, 9.17) is 0 Å². The van der Waals surface area contributed by atoms with E-state index in [0.717, 1.165) is 16.9 Å². The van der Waals surface area contributed by atoms with Crippen molar-refractivity contribution in [3.63, 3.8) is 0 Å². The van der Waals surface area contributed by atoms with E-state index in [1.54, 1.807) is 6.20 Å². The van der Waals surface area contributed by atoms with Crippen LogP contribution in [0.5, 0.6) is 0 Å². The van der Waals surface area contributed by atoms with E-state index in [-0.39, 0.29) is 16.7 Å². The number of benzene rings is 1. The lowest BCUT2D eigenvalue weighted by Crippen LogP contribution is -2.26. The van der Waals surface area contributed by atoms with Gasteiger partial charge in [-0.25, -0.2) is 0 Å². The molecule has 0 radical (unpaired) electrons. The van der Waals surface area contributed by atoms with Crippen LogP contribution in [-0.4, -0.2) is 20.9 Å². The number of alkyl halides is 1. The third-order valence-corrected chi connectivity index (χ3v) is 4.25. The van der Waals surface area contributed by atoms with Gasteiger partial charge in [-0.2, -0.15) is 5.10 Å². The molecule has 2 aromatic rings. The van der Waals surface area contributed by atoms with E-state index in [2.05, 4.69) is 31.4 Å². The van der Waals surface area contributed by atoms with Crippen molar-refractivity contribution in [2.45, 2.75) is 18.7 Å². The maximum atomic E-state index is 12.0. The van der Waals surface area contributed by atoms with Crippen LogP contribution >= 0.6 is 15.9 Å². The summed E-state index contributed by atoms with van der Waals surface area (Å²) >= 11 is 3.39. The van der Waals surface area contributed by atoms with E-state index < -0.39 is 0 Å². The molecule has 1 aromatic heterocycles. The molecule has 100 valence electrons. The van der Waals surface area contributed by atoms with Crippen LogP contribution in [0.1, 0.15) is 13.8 Å². The third kappa shape index (κ3) is 3.44. The van der Waals surface area contributed by atoms with E-state index >= 15 is 0 Å². The van der Waals surface area contributed by atoms with Gasteiger partial charge in [0.15, 0.2) is 0 Å². The molecular formula is C14H16BrN3O. The number of nitrogens with zero attached hydrogens (tertiary/aromatic N) is 1. The number of halogens is 1. The SMILES string of the molecule is CC(C)C(Br)C(=O)Nc1cccc(-c2ccn[nH]2)c1. The average molecular weight is 322 g/mol. The first-order valence-electron chi connectivity index (χ1n) is 6.12. The van der Waals surface area contributed by atoms with Gasteiger partial charge in [-0.15, -0.1) is 0 Å². The van der Waals surface area contributed by atoms with Crippen LogP contribution in [-0.2, 0) is 4.79 Å². The summed E-state index contributed by atoms with van der Waals surface area (Å²) in [5.41, 5.74) is 2.70. The summed E-state index contributed by atoms with van der Waals surface area (Å²) in [5, 5.41) is 9.73. The Morgan fingerprint density at radius 3 is 2.79 bits per heavy atom. The first-order valence-corrected chi connectivity index (χ1v) is 7.04. The smallest absolute Gasteiger partial charge is 0.238 e. The Hall–Kier alpha value is -1.62. The van der Waals surface area contributed by atoms with Gasteiger partial charge in [0.25, 0.3) is 0 Å². The second-order valence-corrected chi connectivity index (χ2v) is 5.67. The average Bonchev–Trinajstić information content (AvgIpc) is 2.91. The van der Waals surface area contributed by atoms with Crippen LogP contribution in [0.3, 0.4) is 0 Å². The molecule has 0 bridgehead atoms. The van der Waals surface area contributed by atoms with Gasteiger partial charge in [-0.3, -0.25) is 9.89 Å². The van der Waals surface area contributed by atoms with Crippen LogP contribution in [0.2, 0.25) is 0 Å². The van der Waals surface area contributed by atoms with Gasteiger partial charge in [0.1, 0.15) is 0 Å². The number of anilines is 1. The van der Waals surface area contributed by atoms with E-state index in [9.17, 15) is 4.79 Å². The predicted octanol–water partition coefficient (Wildman–Crippen LogP) is 3.43. The predicted molar refractivity (Wildman–Crippen MR) is 80.2 cm³/mol. The standard InChI is InChI=1S/C14H16BrN3O/c1-9(2)13(15)14(19)17-11-5-3-4-10(8-11)12-6-7-16-18-12/h3-9,13H,1-2H3,(H,16,18)(H,17,19). The number of aromatic nitrogens is 2. The van der Waals surface area contributed by atoms with Gasteiger partial charge in [-0.05, 0) is 24.1 Å². The molecule has 2 rings (SSSR count). The number of carbonyl (C=O) groups is 1. The molecule has 2 N–H and O–H groups in total. The van der Waals surface area contributed by atoms with Gasteiger partial charge < -0.3 is 5.32 Å². The summed E-state index contributed by atoms with van der Waals surface area (Å²) in [6.07, 6.45) is 1.70. The number of amides is 1. The van der Waals surface area contributed by atoms with Crippen LogP contribution in [0.25, 0.3) is 11.3 Å². The highest BCUT2D eigenvalue weighted by atomic mass is 79.9. The lowest BCUT2D eigenvalue weighted by Gasteiger charge is -2.14. The second-order valence-electron chi connectivity index (χ2n) is 4.69. The molecule has 1 amide bonds. The quantitative estimate of drug-likeness (QED) is 0.847. The molecule has 1 atom stereocenters. The fraction of sp³-hybridized carbons (Fsp3) is 0.286. The summed E-state index contributed by atoms with van der Waals surface area (Å²) in [7, 11) is 0.